The zero-order valence-electron chi connectivity index (χ0n) is 16.0. The molecule has 2 aromatic carbocycles. The molecule has 0 aliphatic rings. The molecule has 2 heterocycles. The molecule has 4 aromatic rings. The maximum Gasteiger partial charge on any atom is 0.275 e. The third kappa shape index (κ3) is 4.20. The molecule has 152 valence electrons. The molecule has 2 aromatic heterocycles. The number of amides is 1. The summed E-state index contributed by atoms with van der Waals surface area (Å²) in [5, 5.41) is 7.69. The summed E-state index contributed by atoms with van der Waals surface area (Å²) >= 11 is 1.36. The number of hydrogen-bond donors (Lipinski definition) is 1. The maximum absolute atomic E-state index is 13.8. The van der Waals surface area contributed by atoms with Crippen molar-refractivity contribution in [3.05, 3.63) is 87.0 Å². The SMILES string of the molecule is CCc1nn2c(=O)cc(COc3cccc(NC(=O)c4ccccc4F)c3)nc2s1. The van der Waals surface area contributed by atoms with Crippen molar-refractivity contribution < 1.29 is 13.9 Å². The lowest BCUT2D eigenvalue weighted by Gasteiger charge is -2.09. The number of halogens is 1. The molecule has 1 N–H and O–H groups in total. The van der Waals surface area contributed by atoms with Crippen LogP contribution >= 0.6 is 11.3 Å². The number of ether oxygens (including phenoxy) is 1. The standard InChI is InChI=1S/C21H17FN4O3S/c1-2-18-25-26-19(27)11-14(24-21(26)30-18)12-29-15-7-5-6-13(10-15)23-20(28)16-8-3-4-9-17(16)22/h3-11H,2,12H2,1H3,(H,23,28). The van der Waals surface area contributed by atoms with Crippen molar-refractivity contribution in [2.24, 2.45) is 0 Å². The molecule has 4 rings (SSSR count). The van der Waals surface area contributed by atoms with E-state index in [1.807, 2.05) is 6.92 Å². The number of carbonyl (C=O) groups is 1. The van der Waals surface area contributed by atoms with E-state index in [2.05, 4.69) is 15.4 Å². The van der Waals surface area contributed by atoms with Gasteiger partial charge in [0.1, 0.15) is 23.2 Å². The molecule has 0 radical (unpaired) electrons. The Hall–Kier alpha value is -3.59. The second kappa shape index (κ2) is 8.42. The Morgan fingerprint density at radius 3 is 2.83 bits per heavy atom. The van der Waals surface area contributed by atoms with Crippen LogP contribution in [0.15, 0.2) is 59.4 Å². The number of hydrogen-bond acceptors (Lipinski definition) is 6. The first-order valence-electron chi connectivity index (χ1n) is 9.21. The van der Waals surface area contributed by atoms with Crippen LogP contribution in [0.25, 0.3) is 4.96 Å². The summed E-state index contributed by atoms with van der Waals surface area (Å²) in [5.74, 6) is -0.673. The highest BCUT2D eigenvalue weighted by atomic mass is 32.1. The smallest absolute Gasteiger partial charge is 0.275 e. The highest BCUT2D eigenvalue weighted by molar-refractivity contribution is 7.16. The topological polar surface area (TPSA) is 85.6 Å². The number of aryl methyl sites for hydroxylation is 1. The Kier molecular flexibility index (Phi) is 5.53. The second-order valence-corrected chi connectivity index (χ2v) is 7.42. The molecule has 0 saturated carbocycles. The third-order valence-corrected chi connectivity index (χ3v) is 5.29. The van der Waals surface area contributed by atoms with Crippen LogP contribution in [0.5, 0.6) is 5.75 Å². The third-order valence-electron chi connectivity index (χ3n) is 4.24. The average Bonchev–Trinajstić information content (AvgIpc) is 3.17. The van der Waals surface area contributed by atoms with Gasteiger partial charge < -0.3 is 10.1 Å². The van der Waals surface area contributed by atoms with Crippen molar-refractivity contribution in [2.45, 2.75) is 20.0 Å². The van der Waals surface area contributed by atoms with Crippen molar-refractivity contribution in [3.63, 3.8) is 0 Å². The van der Waals surface area contributed by atoms with E-state index in [1.54, 1.807) is 30.3 Å². The molecule has 1 amide bonds. The van der Waals surface area contributed by atoms with Gasteiger partial charge in [-0.05, 0) is 30.7 Å². The lowest BCUT2D eigenvalue weighted by atomic mass is 10.2. The number of aromatic nitrogens is 3. The van der Waals surface area contributed by atoms with Crippen LogP contribution in [0.4, 0.5) is 10.1 Å². The van der Waals surface area contributed by atoms with Gasteiger partial charge in [-0.1, -0.05) is 36.5 Å². The minimum atomic E-state index is -0.593. The molecular formula is C21H17FN4O3S. The van der Waals surface area contributed by atoms with Gasteiger partial charge in [0.15, 0.2) is 0 Å². The first-order valence-corrected chi connectivity index (χ1v) is 10.0. The normalized spacial score (nSPS) is 10.9. The fourth-order valence-corrected chi connectivity index (χ4v) is 3.64. The number of carbonyl (C=O) groups excluding carboxylic acids is 1. The number of fused-ring (bicyclic) bond motifs is 1. The fraction of sp³-hybridized carbons (Fsp3) is 0.143. The van der Waals surface area contributed by atoms with Gasteiger partial charge in [0.2, 0.25) is 4.96 Å². The number of anilines is 1. The fourth-order valence-electron chi connectivity index (χ4n) is 2.78. The van der Waals surface area contributed by atoms with Crippen LogP contribution in [0.3, 0.4) is 0 Å². The van der Waals surface area contributed by atoms with Gasteiger partial charge in [0, 0.05) is 17.8 Å². The summed E-state index contributed by atoms with van der Waals surface area (Å²) in [6.07, 6.45) is 0.727. The second-order valence-electron chi connectivity index (χ2n) is 6.38. The highest BCUT2D eigenvalue weighted by Gasteiger charge is 2.12. The largest absolute Gasteiger partial charge is 0.487 e. The lowest BCUT2D eigenvalue weighted by molar-refractivity contribution is 0.102. The van der Waals surface area contributed by atoms with E-state index in [9.17, 15) is 14.0 Å². The van der Waals surface area contributed by atoms with E-state index in [0.29, 0.717) is 22.1 Å². The Bertz CT molecular complexity index is 1280. The van der Waals surface area contributed by atoms with Crippen LogP contribution in [0, 0.1) is 5.82 Å². The van der Waals surface area contributed by atoms with Gasteiger partial charge in [-0.15, -0.1) is 0 Å². The Morgan fingerprint density at radius 1 is 1.20 bits per heavy atom. The van der Waals surface area contributed by atoms with Crippen LogP contribution in [0.2, 0.25) is 0 Å². The highest BCUT2D eigenvalue weighted by Crippen LogP contribution is 2.20. The Balaban J connectivity index is 1.47. The van der Waals surface area contributed by atoms with E-state index in [1.165, 1.54) is 40.1 Å². The van der Waals surface area contributed by atoms with E-state index < -0.39 is 11.7 Å². The van der Waals surface area contributed by atoms with Gasteiger partial charge in [-0.2, -0.15) is 9.61 Å². The zero-order valence-corrected chi connectivity index (χ0v) is 16.8. The molecule has 0 aliphatic carbocycles. The molecule has 0 bridgehead atoms. The van der Waals surface area contributed by atoms with Gasteiger partial charge in [0.25, 0.3) is 11.5 Å². The summed E-state index contributed by atoms with van der Waals surface area (Å²) in [7, 11) is 0. The van der Waals surface area contributed by atoms with Gasteiger partial charge in [-0.25, -0.2) is 9.37 Å². The number of nitrogens with one attached hydrogen (secondary N) is 1. The van der Waals surface area contributed by atoms with Crippen LogP contribution in [-0.2, 0) is 13.0 Å². The van der Waals surface area contributed by atoms with Crippen molar-refractivity contribution in [1.82, 2.24) is 14.6 Å². The number of rotatable bonds is 6. The van der Waals surface area contributed by atoms with Crippen molar-refractivity contribution >= 4 is 27.9 Å². The summed E-state index contributed by atoms with van der Waals surface area (Å²) < 4.78 is 20.8. The molecule has 0 fully saturated rings. The Labute approximate surface area is 174 Å². The van der Waals surface area contributed by atoms with Gasteiger partial charge in [-0.3, -0.25) is 9.59 Å². The predicted molar refractivity (Wildman–Crippen MR) is 112 cm³/mol. The molecule has 30 heavy (non-hydrogen) atoms. The first kappa shape index (κ1) is 19.7. The summed E-state index contributed by atoms with van der Waals surface area (Å²) in [6.45, 7) is 2.04. The first-order chi connectivity index (χ1) is 14.5. The predicted octanol–water partition coefficient (Wildman–Crippen LogP) is 3.68. The minimum Gasteiger partial charge on any atom is -0.487 e. The number of benzene rings is 2. The molecule has 0 saturated heterocycles. The monoisotopic (exact) mass is 424 g/mol. The molecular weight excluding hydrogens is 407 g/mol. The molecule has 0 atom stereocenters. The maximum atomic E-state index is 13.8. The van der Waals surface area contributed by atoms with Gasteiger partial charge >= 0.3 is 0 Å². The molecule has 9 heteroatoms. The molecule has 0 aliphatic heterocycles. The van der Waals surface area contributed by atoms with Crippen molar-refractivity contribution in [2.75, 3.05) is 5.32 Å². The summed E-state index contributed by atoms with van der Waals surface area (Å²) in [5.41, 5.74) is 0.629. The quantitative estimate of drug-likeness (QED) is 0.510. The van der Waals surface area contributed by atoms with E-state index in [4.69, 9.17) is 4.74 Å². The van der Waals surface area contributed by atoms with Crippen LogP contribution < -0.4 is 15.6 Å². The van der Waals surface area contributed by atoms with Gasteiger partial charge in [0.05, 0.1) is 11.3 Å². The average molecular weight is 424 g/mol. The minimum absolute atomic E-state index is 0.0437. The molecule has 7 nitrogen and oxygen atoms in total. The summed E-state index contributed by atoms with van der Waals surface area (Å²) in [6, 6.07) is 13.8. The summed E-state index contributed by atoms with van der Waals surface area (Å²) in [4.78, 5) is 29.4. The van der Waals surface area contributed by atoms with Crippen LogP contribution in [0.1, 0.15) is 28.0 Å². The number of nitrogens with zero attached hydrogens (tertiary/aromatic N) is 3. The lowest BCUT2D eigenvalue weighted by Crippen LogP contribution is -2.16. The van der Waals surface area contributed by atoms with Crippen LogP contribution in [-0.4, -0.2) is 20.5 Å². The van der Waals surface area contributed by atoms with E-state index in [-0.39, 0.29) is 17.7 Å². The van der Waals surface area contributed by atoms with E-state index >= 15 is 0 Å². The van der Waals surface area contributed by atoms with Crippen molar-refractivity contribution in [3.8, 4) is 5.75 Å². The zero-order chi connectivity index (χ0) is 21.1. The Morgan fingerprint density at radius 2 is 2.03 bits per heavy atom. The van der Waals surface area contributed by atoms with Crippen molar-refractivity contribution in [1.29, 1.82) is 0 Å². The van der Waals surface area contributed by atoms with E-state index in [0.717, 1.165) is 11.4 Å². The molecule has 0 spiro atoms. The molecule has 0 unspecified atom stereocenters.